The molecule has 0 aromatic heterocycles. The molecule has 0 bridgehead atoms. The van der Waals surface area contributed by atoms with Crippen LogP contribution in [0.4, 0.5) is 0 Å². The van der Waals surface area contributed by atoms with E-state index in [9.17, 15) is 4.79 Å². The fourth-order valence-corrected chi connectivity index (χ4v) is 3.73. The standard InChI is InChI=1S/C17H32N2O3/c1-5-21-17(20)15(4)19-8-6-16(7-9-19)12-18-10-13(2)22-14(3)11-18/h13-16H,5-12H2,1-4H3/t13-,14-,15-/m0/s1. The number of carbonyl (C=O) groups excluding carboxylic acids is 1. The topological polar surface area (TPSA) is 42.0 Å². The van der Waals surface area contributed by atoms with Gasteiger partial charge in [-0.25, -0.2) is 0 Å². The summed E-state index contributed by atoms with van der Waals surface area (Å²) in [5, 5.41) is 0. The van der Waals surface area contributed by atoms with Gasteiger partial charge in [-0.05, 0) is 59.5 Å². The maximum Gasteiger partial charge on any atom is 0.323 e. The maximum atomic E-state index is 11.8. The number of esters is 1. The molecule has 0 N–H and O–H groups in total. The van der Waals surface area contributed by atoms with Crippen molar-refractivity contribution < 1.29 is 14.3 Å². The zero-order chi connectivity index (χ0) is 16.1. The van der Waals surface area contributed by atoms with Gasteiger partial charge in [0.15, 0.2) is 0 Å². The molecule has 2 aliphatic rings. The molecule has 0 saturated carbocycles. The van der Waals surface area contributed by atoms with E-state index in [1.165, 1.54) is 19.4 Å². The lowest BCUT2D eigenvalue weighted by atomic mass is 9.94. The molecule has 128 valence electrons. The highest BCUT2D eigenvalue weighted by molar-refractivity contribution is 5.75. The predicted octanol–water partition coefficient (Wildman–Crippen LogP) is 1.76. The van der Waals surface area contributed by atoms with Crippen molar-refractivity contribution in [2.75, 3.05) is 39.3 Å². The summed E-state index contributed by atoms with van der Waals surface area (Å²) in [4.78, 5) is 16.6. The smallest absolute Gasteiger partial charge is 0.323 e. The summed E-state index contributed by atoms with van der Waals surface area (Å²) in [6, 6.07) is -0.107. The number of likely N-dealkylation sites (tertiary alicyclic amines) is 1. The van der Waals surface area contributed by atoms with Gasteiger partial charge in [0.2, 0.25) is 0 Å². The summed E-state index contributed by atoms with van der Waals surface area (Å²) in [5.41, 5.74) is 0. The summed E-state index contributed by atoms with van der Waals surface area (Å²) < 4.78 is 10.9. The van der Waals surface area contributed by atoms with Gasteiger partial charge < -0.3 is 9.47 Å². The maximum absolute atomic E-state index is 11.8. The van der Waals surface area contributed by atoms with E-state index in [-0.39, 0.29) is 12.0 Å². The van der Waals surface area contributed by atoms with E-state index >= 15 is 0 Å². The third-order valence-corrected chi connectivity index (χ3v) is 4.84. The molecular weight excluding hydrogens is 280 g/mol. The number of carbonyl (C=O) groups is 1. The van der Waals surface area contributed by atoms with Crippen LogP contribution in [0.15, 0.2) is 0 Å². The Bertz CT molecular complexity index is 346. The number of rotatable bonds is 5. The molecule has 2 saturated heterocycles. The van der Waals surface area contributed by atoms with Gasteiger partial charge in [0, 0.05) is 19.6 Å². The van der Waals surface area contributed by atoms with Crippen LogP contribution in [0, 0.1) is 5.92 Å². The second-order valence-corrected chi connectivity index (χ2v) is 6.88. The Labute approximate surface area is 134 Å². The summed E-state index contributed by atoms with van der Waals surface area (Å²) >= 11 is 0. The molecule has 5 nitrogen and oxygen atoms in total. The molecule has 2 heterocycles. The van der Waals surface area contributed by atoms with E-state index in [1.54, 1.807) is 0 Å². The van der Waals surface area contributed by atoms with E-state index in [0.717, 1.165) is 32.1 Å². The fourth-order valence-electron chi connectivity index (χ4n) is 3.73. The van der Waals surface area contributed by atoms with E-state index in [1.807, 2.05) is 13.8 Å². The Morgan fingerprint density at radius 1 is 1.23 bits per heavy atom. The SMILES string of the molecule is CCOC(=O)[C@H](C)N1CCC(CN2C[C@H](C)O[C@@H](C)C2)CC1. The number of ether oxygens (including phenoxy) is 2. The molecule has 2 rings (SSSR count). The molecule has 5 heteroatoms. The molecule has 0 spiro atoms. The quantitative estimate of drug-likeness (QED) is 0.724. The molecule has 3 atom stereocenters. The highest BCUT2D eigenvalue weighted by Crippen LogP contribution is 2.22. The average molecular weight is 312 g/mol. The van der Waals surface area contributed by atoms with Crippen LogP contribution in [-0.4, -0.2) is 73.3 Å². The van der Waals surface area contributed by atoms with Gasteiger partial charge in [0.05, 0.1) is 18.8 Å². The average Bonchev–Trinajstić information content (AvgIpc) is 2.46. The Balaban J connectivity index is 1.74. The van der Waals surface area contributed by atoms with E-state index in [0.29, 0.717) is 18.8 Å². The van der Waals surface area contributed by atoms with Crippen molar-refractivity contribution in [3.8, 4) is 0 Å². The summed E-state index contributed by atoms with van der Waals surface area (Å²) in [6.07, 6.45) is 3.02. The first-order valence-electron chi connectivity index (χ1n) is 8.78. The van der Waals surface area contributed by atoms with Gasteiger partial charge in [-0.3, -0.25) is 14.6 Å². The van der Waals surface area contributed by atoms with Crippen LogP contribution in [0.5, 0.6) is 0 Å². The Kier molecular flexibility index (Phi) is 6.66. The summed E-state index contributed by atoms with van der Waals surface area (Å²) in [6.45, 7) is 13.9. The monoisotopic (exact) mass is 312 g/mol. The zero-order valence-corrected chi connectivity index (χ0v) is 14.6. The lowest BCUT2D eigenvalue weighted by Crippen LogP contribution is -2.49. The van der Waals surface area contributed by atoms with Crippen LogP contribution < -0.4 is 0 Å². The molecule has 0 amide bonds. The Hall–Kier alpha value is -0.650. The van der Waals surface area contributed by atoms with Crippen molar-refractivity contribution >= 4 is 5.97 Å². The first-order valence-corrected chi connectivity index (χ1v) is 8.78. The molecule has 22 heavy (non-hydrogen) atoms. The van der Waals surface area contributed by atoms with Crippen LogP contribution in [0.2, 0.25) is 0 Å². The summed E-state index contributed by atoms with van der Waals surface area (Å²) in [7, 11) is 0. The van der Waals surface area contributed by atoms with Gasteiger partial charge >= 0.3 is 5.97 Å². The minimum atomic E-state index is -0.107. The predicted molar refractivity (Wildman–Crippen MR) is 86.8 cm³/mol. The molecule has 2 fully saturated rings. The third kappa shape index (κ3) is 4.93. The zero-order valence-electron chi connectivity index (χ0n) is 14.6. The summed E-state index contributed by atoms with van der Waals surface area (Å²) in [5.74, 6) is 0.653. The molecule has 0 aromatic carbocycles. The lowest BCUT2D eigenvalue weighted by Gasteiger charge is -2.40. The number of hydrogen-bond acceptors (Lipinski definition) is 5. The Morgan fingerprint density at radius 3 is 2.36 bits per heavy atom. The highest BCUT2D eigenvalue weighted by atomic mass is 16.5. The van der Waals surface area contributed by atoms with Crippen LogP contribution in [0.3, 0.4) is 0 Å². The normalized spacial score (nSPS) is 30.2. The van der Waals surface area contributed by atoms with Gasteiger partial charge in [0.1, 0.15) is 6.04 Å². The first kappa shape index (κ1) is 17.7. The Morgan fingerprint density at radius 2 is 1.82 bits per heavy atom. The van der Waals surface area contributed by atoms with Crippen molar-refractivity contribution in [3.63, 3.8) is 0 Å². The number of piperidine rings is 1. The number of morpholine rings is 1. The molecule has 0 aliphatic carbocycles. The minimum Gasteiger partial charge on any atom is -0.465 e. The molecular formula is C17H32N2O3. The number of hydrogen-bond donors (Lipinski definition) is 0. The first-order chi connectivity index (χ1) is 10.5. The van der Waals surface area contributed by atoms with Gasteiger partial charge in [-0.2, -0.15) is 0 Å². The van der Waals surface area contributed by atoms with Gasteiger partial charge in [-0.1, -0.05) is 0 Å². The van der Waals surface area contributed by atoms with Crippen LogP contribution in [0.25, 0.3) is 0 Å². The number of nitrogens with zero attached hydrogens (tertiary/aromatic N) is 2. The molecule has 0 aromatic rings. The van der Waals surface area contributed by atoms with Crippen molar-refractivity contribution in [1.29, 1.82) is 0 Å². The second kappa shape index (κ2) is 8.27. The second-order valence-electron chi connectivity index (χ2n) is 6.88. The molecule has 0 unspecified atom stereocenters. The van der Waals surface area contributed by atoms with E-state index in [2.05, 4.69) is 23.6 Å². The minimum absolute atomic E-state index is 0.0863. The fraction of sp³-hybridized carbons (Fsp3) is 0.941. The third-order valence-electron chi connectivity index (χ3n) is 4.84. The van der Waals surface area contributed by atoms with Crippen molar-refractivity contribution in [3.05, 3.63) is 0 Å². The van der Waals surface area contributed by atoms with Crippen molar-refractivity contribution in [1.82, 2.24) is 9.80 Å². The van der Waals surface area contributed by atoms with Crippen LogP contribution >= 0.6 is 0 Å². The van der Waals surface area contributed by atoms with Gasteiger partial charge in [0.25, 0.3) is 0 Å². The van der Waals surface area contributed by atoms with E-state index < -0.39 is 0 Å². The van der Waals surface area contributed by atoms with E-state index in [4.69, 9.17) is 9.47 Å². The van der Waals surface area contributed by atoms with Crippen molar-refractivity contribution in [2.45, 2.75) is 58.8 Å². The van der Waals surface area contributed by atoms with Crippen molar-refractivity contribution in [2.24, 2.45) is 5.92 Å². The largest absolute Gasteiger partial charge is 0.465 e. The highest BCUT2D eigenvalue weighted by Gasteiger charge is 2.30. The van der Waals surface area contributed by atoms with Crippen LogP contribution in [0.1, 0.15) is 40.5 Å². The lowest BCUT2D eigenvalue weighted by molar-refractivity contribution is -0.149. The van der Waals surface area contributed by atoms with Gasteiger partial charge in [-0.15, -0.1) is 0 Å². The van der Waals surface area contributed by atoms with Crippen LogP contribution in [-0.2, 0) is 14.3 Å². The molecule has 0 radical (unpaired) electrons. The molecule has 2 aliphatic heterocycles.